The molecule has 0 N–H and O–H groups in total. The van der Waals surface area contributed by atoms with E-state index in [2.05, 4.69) is 60.0 Å². The predicted molar refractivity (Wildman–Crippen MR) is 161 cm³/mol. The molecule has 1 amide bonds. The number of likely N-dealkylation sites (tertiary alicyclic amines) is 1. The van der Waals surface area contributed by atoms with Crippen molar-refractivity contribution in [3.8, 4) is 5.75 Å². The number of aryl methyl sites for hydroxylation is 1. The van der Waals surface area contributed by atoms with Crippen LogP contribution in [0.5, 0.6) is 5.75 Å². The number of hydrogen-bond acceptors (Lipinski definition) is 4. The number of hydrogen-bond donors (Lipinski definition) is 0. The molecule has 2 aliphatic rings. The zero-order valence-corrected chi connectivity index (χ0v) is 25.3. The highest BCUT2D eigenvalue weighted by atomic mass is 79.9. The van der Waals surface area contributed by atoms with Gasteiger partial charge in [0.15, 0.2) is 0 Å². The Hall–Kier alpha value is -1.57. The number of unbranched alkanes of at least 4 members (excludes halogenated alkanes) is 1. The Morgan fingerprint density at radius 2 is 1.50 bits per heavy atom. The number of anilines is 1. The van der Waals surface area contributed by atoms with E-state index < -0.39 is 0 Å². The molecule has 7 heteroatoms. The molecule has 0 radical (unpaired) electrons. The summed E-state index contributed by atoms with van der Waals surface area (Å²) in [6.45, 7) is 11.4. The number of carbonyl (C=O) groups is 1. The molecule has 200 valence electrons. The van der Waals surface area contributed by atoms with Gasteiger partial charge >= 0.3 is 0 Å². The number of ether oxygens (including phenoxy) is 1. The topological polar surface area (TPSA) is 36.0 Å². The van der Waals surface area contributed by atoms with Gasteiger partial charge in [0, 0.05) is 44.8 Å². The number of halogens is 2. The summed E-state index contributed by atoms with van der Waals surface area (Å²) in [6, 6.07) is 16.7. The molecule has 2 aromatic carbocycles. The first-order valence-corrected chi connectivity index (χ1v) is 13.2. The molecule has 0 unspecified atom stereocenters. The van der Waals surface area contributed by atoms with Crippen LogP contribution in [-0.2, 0) is 6.42 Å². The highest BCUT2D eigenvalue weighted by molar-refractivity contribution is 8.93. The van der Waals surface area contributed by atoms with Crippen molar-refractivity contribution in [1.29, 1.82) is 0 Å². The largest absolute Gasteiger partial charge is 0.489 e. The third-order valence-electron chi connectivity index (χ3n) is 6.97. The van der Waals surface area contributed by atoms with E-state index in [0.717, 1.165) is 76.4 Å². The fourth-order valence-corrected chi connectivity index (χ4v) is 5.04. The van der Waals surface area contributed by atoms with E-state index >= 15 is 0 Å². The van der Waals surface area contributed by atoms with Gasteiger partial charge < -0.3 is 14.5 Å². The quantitative estimate of drug-likeness (QED) is 0.303. The lowest BCUT2D eigenvalue weighted by atomic mass is 10.0. The molecule has 0 spiro atoms. The van der Waals surface area contributed by atoms with Crippen LogP contribution in [0.25, 0.3) is 0 Å². The van der Waals surface area contributed by atoms with Crippen LogP contribution in [0.1, 0.15) is 61.9 Å². The van der Waals surface area contributed by atoms with Gasteiger partial charge in [-0.2, -0.15) is 0 Å². The number of amides is 1. The number of carbonyl (C=O) groups excluding carboxylic acids is 1. The first-order valence-electron chi connectivity index (χ1n) is 13.2. The lowest BCUT2D eigenvalue weighted by Crippen LogP contribution is -2.46. The predicted octanol–water partition coefficient (Wildman–Crippen LogP) is 6.40. The van der Waals surface area contributed by atoms with Crippen LogP contribution in [0.15, 0.2) is 48.5 Å². The summed E-state index contributed by atoms with van der Waals surface area (Å²) in [5.41, 5.74) is 3.39. The Bertz CT molecular complexity index is 909. The van der Waals surface area contributed by atoms with Gasteiger partial charge in [-0.3, -0.25) is 9.69 Å². The maximum absolute atomic E-state index is 12.6. The van der Waals surface area contributed by atoms with E-state index in [1.54, 1.807) is 0 Å². The molecule has 4 rings (SSSR count). The molecule has 2 fully saturated rings. The highest BCUT2D eigenvalue weighted by Crippen LogP contribution is 2.29. The lowest BCUT2D eigenvalue weighted by Gasteiger charge is -2.37. The van der Waals surface area contributed by atoms with Crippen molar-refractivity contribution >= 4 is 45.6 Å². The van der Waals surface area contributed by atoms with Crippen LogP contribution in [0.3, 0.4) is 0 Å². The monoisotopic (exact) mass is 623 g/mol. The van der Waals surface area contributed by atoms with E-state index in [9.17, 15) is 4.79 Å². The smallest absolute Gasteiger partial charge is 0.253 e. The van der Waals surface area contributed by atoms with Crippen LogP contribution in [0.4, 0.5) is 5.69 Å². The zero-order valence-electron chi connectivity index (χ0n) is 21.9. The molecule has 2 saturated heterocycles. The summed E-state index contributed by atoms with van der Waals surface area (Å²) >= 11 is 0. The van der Waals surface area contributed by atoms with E-state index in [0.29, 0.717) is 0 Å². The maximum Gasteiger partial charge on any atom is 0.253 e. The number of para-hydroxylation sites is 2. The van der Waals surface area contributed by atoms with Crippen LogP contribution in [0.2, 0.25) is 0 Å². The molecule has 5 nitrogen and oxygen atoms in total. The number of piperazine rings is 1. The Morgan fingerprint density at radius 1 is 0.833 bits per heavy atom. The summed E-state index contributed by atoms with van der Waals surface area (Å²) in [4.78, 5) is 19.7. The first kappa shape index (κ1) is 30.7. The van der Waals surface area contributed by atoms with Crippen molar-refractivity contribution in [2.24, 2.45) is 0 Å². The van der Waals surface area contributed by atoms with Crippen LogP contribution in [-0.4, -0.2) is 67.6 Å². The molecule has 0 aliphatic carbocycles. The molecule has 0 atom stereocenters. The average molecular weight is 625 g/mol. The second kappa shape index (κ2) is 15.6. The minimum atomic E-state index is 0. The average Bonchev–Trinajstić information content (AvgIpc) is 2.87. The number of piperidine rings is 1. The standard InChI is InChI=1S/C29H41N3O2.2BrH/c1-24(2)34-28-12-5-4-11-27(28)31-22-20-30(21-23-31)17-9-6-10-25-13-15-26(16-14-25)29(33)32-18-7-3-8-19-32;;/h4-5,11-16,24H,3,6-10,17-23H2,1-2H3;2*1H. The molecule has 0 saturated carbocycles. The Morgan fingerprint density at radius 3 is 2.17 bits per heavy atom. The summed E-state index contributed by atoms with van der Waals surface area (Å²) < 4.78 is 6.02. The van der Waals surface area contributed by atoms with Crippen molar-refractivity contribution in [3.05, 3.63) is 59.7 Å². The van der Waals surface area contributed by atoms with Crippen molar-refractivity contribution in [2.45, 2.75) is 58.5 Å². The second-order valence-electron chi connectivity index (χ2n) is 9.97. The van der Waals surface area contributed by atoms with Gasteiger partial charge in [-0.05, 0) is 88.7 Å². The van der Waals surface area contributed by atoms with Crippen LogP contribution < -0.4 is 9.64 Å². The normalized spacial score (nSPS) is 16.3. The fourth-order valence-electron chi connectivity index (χ4n) is 5.04. The summed E-state index contributed by atoms with van der Waals surface area (Å²) in [5, 5.41) is 0. The molecule has 0 bridgehead atoms. The third-order valence-corrected chi connectivity index (χ3v) is 6.97. The van der Waals surface area contributed by atoms with Crippen molar-refractivity contribution in [1.82, 2.24) is 9.80 Å². The molecular formula is C29H43Br2N3O2. The first-order chi connectivity index (χ1) is 16.6. The van der Waals surface area contributed by atoms with Gasteiger partial charge in [-0.25, -0.2) is 0 Å². The lowest BCUT2D eigenvalue weighted by molar-refractivity contribution is 0.0724. The molecule has 36 heavy (non-hydrogen) atoms. The highest BCUT2D eigenvalue weighted by Gasteiger charge is 2.20. The van der Waals surface area contributed by atoms with Crippen LogP contribution >= 0.6 is 34.0 Å². The maximum atomic E-state index is 12.6. The van der Waals surface area contributed by atoms with Crippen molar-refractivity contribution in [2.75, 3.05) is 50.7 Å². The van der Waals surface area contributed by atoms with Crippen molar-refractivity contribution in [3.63, 3.8) is 0 Å². The van der Waals surface area contributed by atoms with Gasteiger partial charge in [0.2, 0.25) is 0 Å². The third kappa shape index (κ3) is 8.77. The van der Waals surface area contributed by atoms with E-state index in [1.165, 1.54) is 30.5 Å². The molecular weight excluding hydrogens is 582 g/mol. The van der Waals surface area contributed by atoms with Gasteiger partial charge in [0.1, 0.15) is 5.75 Å². The van der Waals surface area contributed by atoms with Gasteiger partial charge in [0.25, 0.3) is 5.91 Å². The minimum Gasteiger partial charge on any atom is -0.489 e. The Balaban J connectivity index is 0.00000228. The number of rotatable bonds is 9. The Labute approximate surface area is 238 Å². The van der Waals surface area contributed by atoms with Gasteiger partial charge in [-0.15, -0.1) is 34.0 Å². The second-order valence-corrected chi connectivity index (χ2v) is 9.97. The van der Waals surface area contributed by atoms with Gasteiger partial charge in [-0.1, -0.05) is 24.3 Å². The number of benzene rings is 2. The number of nitrogens with zero attached hydrogens (tertiary/aromatic N) is 3. The minimum absolute atomic E-state index is 0. The van der Waals surface area contributed by atoms with Crippen LogP contribution in [0, 0.1) is 0 Å². The van der Waals surface area contributed by atoms with E-state index in [1.807, 2.05) is 17.0 Å². The molecule has 0 aromatic heterocycles. The van der Waals surface area contributed by atoms with Crippen molar-refractivity contribution < 1.29 is 9.53 Å². The Kier molecular flexibility index (Phi) is 13.3. The molecule has 2 aromatic rings. The van der Waals surface area contributed by atoms with E-state index in [-0.39, 0.29) is 46.0 Å². The van der Waals surface area contributed by atoms with Gasteiger partial charge in [0.05, 0.1) is 11.8 Å². The summed E-state index contributed by atoms with van der Waals surface area (Å²) in [6.07, 6.45) is 7.19. The fraction of sp³-hybridized carbons (Fsp3) is 0.552. The zero-order chi connectivity index (χ0) is 23.8. The van der Waals surface area contributed by atoms with E-state index in [4.69, 9.17) is 4.74 Å². The SMILES string of the molecule is Br.Br.CC(C)Oc1ccccc1N1CCN(CCCCc2ccc(C(=O)N3CCCCC3)cc2)CC1. The molecule has 2 aliphatic heterocycles. The summed E-state index contributed by atoms with van der Waals surface area (Å²) in [7, 11) is 0. The molecule has 2 heterocycles. The summed E-state index contributed by atoms with van der Waals surface area (Å²) in [5.74, 6) is 1.19.